The molecule has 15 heteroatoms. The van der Waals surface area contributed by atoms with Crippen LogP contribution in [0.2, 0.25) is 0 Å². The standard InChI is InChI=1S/C32H46F2N4O8S/c1-31(2,3)45-29(41)37-24(19-22-18-23(33)13-14-25(22)34)20-36-47(43,44)16-10-15-35-28(40)27(39)26(17-21-11-8-7-9-12-21)38-30(42)46-32(4,5)6/h7-9,11-14,18,24,26-27,36,39H,10,15-17,19-20H2,1-6H3,(H,35,40)(H,37,41)(H,38,42)/t24?,26-,27+/m1/s1. The zero-order valence-corrected chi connectivity index (χ0v) is 28.4. The molecule has 3 amide bonds. The van der Waals surface area contributed by atoms with Crippen LogP contribution >= 0.6 is 0 Å². The number of aliphatic hydroxyl groups is 1. The van der Waals surface area contributed by atoms with Crippen molar-refractivity contribution in [3.63, 3.8) is 0 Å². The lowest BCUT2D eigenvalue weighted by Gasteiger charge is -2.26. The minimum absolute atomic E-state index is 0.0562. The highest BCUT2D eigenvalue weighted by Gasteiger charge is 2.30. The van der Waals surface area contributed by atoms with Crippen LogP contribution in [0, 0.1) is 11.6 Å². The summed E-state index contributed by atoms with van der Waals surface area (Å²) in [6.07, 6.45) is -3.54. The Balaban J connectivity index is 1.97. The zero-order chi connectivity index (χ0) is 35.4. The zero-order valence-electron chi connectivity index (χ0n) is 27.6. The molecule has 2 rings (SSSR count). The maximum Gasteiger partial charge on any atom is 0.407 e. The number of aliphatic hydroxyl groups excluding tert-OH is 1. The molecule has 0 fully saturated rings. The lowest BCUT2D eigenvalue weighted by molar-refractivity contribution is -0.130. The minimum Gasteiger partial charge on any atom is -0.444 e. The fraction of sp³-hybridized carbons (Fsp3) is 0.531. The molecule has 0 saturated heterocycles. The Morgan fingerprint density at radius 2 is 1.47 bits per heavy atom. The maximum atomic E-state index is 14.3. The predicted molar refractivity (Wildman–Crippen MR) is 172 cm³/mol. The Morgan fingerprint density at radius 3 is 2.06 bits per heavy atom. The molecule has 12 nitrogen and oxygen atoms in total. The van der Waals surface area contributed by atoms with Crippen LogP contribution in [0.15, 0.2) is 48.5 Å². The molecule has 5 N–H and O–H groups in total. The lowest BCUT2D eigenvalue weighted by Crippen LogP contribution is -2.52. The van der Waals surface area contributed by atoms with E-state index in [2.05, 4.69) is 20.7 Å². The number of alkyl carbamates (subject to hydrolysis) is 2. The van der Waals surface area contributed by atoms with E-state index in [1.54, 1.807) is 71.9 Å². The van der Waals surface area contributed by atoms with E-state index in [4.69, 9.17) is 9.47 Å². The van der Waals surface area contributed by atoms with E-state index in [1.165, 1.54) is 0 Å². The van der Waals surface area contributed by atoms with E-state index in [1.807, 2.05) is 0 Å². The van der Waals surface area contributed by atoms with Crippen molar-refractivity contribution in [2.24, 2.45) is 0 Å². The summed E-state index contributed by atoms with van der Waals surface area (Å²) in [5, 5.41) is 18.3. The number of hydrogen-bond donors (Lipinski definition) is 5. The molecule has 0 bridgehead atoms. The molecule has 0 radical (unpaired) electrons. The number of carbonyl (C=O) groups is 3. The summed E-state index contributed by atoms with van der Waals surface area (Å²) < 4.78 is 66.3. The summed E-state index contributed by atoms with van der Waals surface area (Å²) >= 11 is 0. The molecule has 0 aliphatic carbocycles. The number of nitrogens with one attached hydrogen (secondary N) is 4. The van der Waals surface area contributed by atoms with E-state index in [-0.39, 0.29) is 37.9 Å². The van der Waals surface area contributed by atoms with Crippen LogP contribution in [0.25, 0.3) is 0 Å². The molecule has 0 spiro atoms. The first-order valence-corrected chi connectivity index (χ1v) is 16.8. The molecule has 2 aromatic carbocycles. The van der Waals surface area contributed by atoms with Crippen LogP contribution in [-0.4, -0.2) is 79.9 Å². The van der Waals surface area contributed by atoms with Crippen LogP contribution in [0.3, 0.4) is 0 Å². The first-order valence-electron chi connectivity index (χ1n) is 15.1. The van der Waals surface area contributed by atoms with Gasteiger partial charge in [-0.2, -0.15) is 0 Å². The number of sulfonamides is 1. The largest absolute Gasteiger partial charge is 0.444 e. The molecule has 1 unspecified atom stereocenters. The highest BCUT2D eigenvalue weighted by molar-refractivity contribution is 7.89. The van der Waals surface area contributed by atoms with Gasteiger partial charge in [0.15, 0.2) is 6.10 Å². The maximum absolute atomic E-state index is 14.3. The summed E-state index contributed by atoms with van der Waals surface area (Å²) in [6.45, 7) is 9.43. The van der Waals surface area contributed by atoms with Gasteiger partial charge >= 0.3 is 12.2 Å². The Hall–Kier alpha value is -3.82. The second kappa shape index (κ2) is 17.4. The quantitative estimate of drug-likeness (QED) is 0.178. The van der Waals surface area contributed by atoms with Gasteiger partial charge in [-0.25, -0.2) is 31.5 Å². The fourth-order valence-electron chi connectivity index (χ4n) is 4.24. The van der Waals surface area contributed by atoms with Gasteiger partial charge in [-0.05, 0) is 90.1 Å². The molecule has 0 saturated carbocycles. The Kier molecular flexibility index (Phi) is 14.5. The average molecular weight is 685 g/mol. The summed E-state index contributed by atoms with van der Waals surface area (Å²) in [7, 11) is -3.96. The van der Waals surface area contributed by atoms with E-state index in [0.717, 1.165) is 23.8 Å². The summed E-state index contributed by atoms with van der Waals surface area (Å²) in [5.74, 6) is -2.70. The Bertz CT molecular complexity index is 1450. The third kappa shape index (κ3) is 16.0. The summed E-state index contributed by atoms with van der Waals surface area (Å²) in [5.41, 5.74) is -0.991. The lowest BCUT2D eigenvalue weighted by atomic mass is 10.0. The minimum atomic E-state index is -3.96. The fourth-order valence-corrected chi connectivity index (χ4v) is 5.37. The van der Waals surface area contributed by atoms with Crippen molar-refractivity contribution in [3.8, 4) is 0 Å². The van der Waals surface area contributed by atoms with Crippen molar-refractivity contribution in [3.05, 3.63) is 71.3 Å². The number of amides is 3. The monoisotopic (exact) mass is 684 g/mol. The number of halogens is 2. The van der Waals surface area contributed by atoms with Gasteiger partial charge in [-0.3, -0.25) is 4.79 Å². The van der Waals surface area contributed by atoms with E-state index in [0.29, 0.717) is 0 Å². The smallest absolute Gasteiger partial charge is 0.407 e. The van der Waals surface area contributed by atoms with Crippen molar-refractivity contribution in [1.82, 2.24) is 20.7 Å². The van der Waals surface area contributed by atoms with Gasteiger partial charge in [0.25, 0.3) is 5.91 Å². The number of benzene rings is 2. The van der Waals surface area contributed by atoms with Gasteiger partial charge < -0.3 is 30.5 Å². The van der Waals surface area contributed by atoms with E-state index in [9.17, 15) is 36.7 Å². The molecule has 2 aromatic rings. The SMILES string of the molecule is CC(C)(C)OC(=O)NC(CNS(=O)(=O)CCCNC(=O)[C@@H](O)[C@@H](Cc1ccccc1)NC(=O)OC(C)(C)C)Cc1cc(F)ccc1F. The van der Waals surface area contributed by atoms with Crippen LogP contribution < -0.4 is 20.7 Å². The molecule has 3 atom stereocenters. The van der Waals surface area contributed by atoms with Gasteiger partial charge in [-0.1, -0.05) is 30.3 Å². The Morgan fingerprint density at radius 1 is 0.872 bits per heavy atom. The number of hydrogen-bond acceptors (Lipinski definition) is 8. The van der Waals surface area contributed by atoms with Crippen LogP contribution in [0.4, 0.5) is 18.4 Å². The molecular weight excluding hydrogens is 638 g/mol. The molecule has 0 aliphatic heterocycles. The third-order valence-electron chi connectivity index (χ3n) is 6.28. The van der Waals surface area contributed by atoms with Gasteiger partial charge in [-0.15, -0.1) is 0 Å². The summed E-state index contributed by atoms with van der Waals surface area (Å²) in [4.78, 5) is 37.6. The van der Waals surface area contributed by atoms with Crippen molar-refractivity contribution >= 4 is 28.1 Å². The highest BCUT2D eigenvalue weighted by Crippen LogP contribution is 2.14. The van der Waals surface area contributed by atoms with Crippen molar-refractivity contribution in [2.45, 2.75) is 90.2 Å². The molecular formula is C32H46F2N4O8S. The number of ether oxygens (including phenoxy) is 2. The number of carbonyl (C=O) groups excluding carboxylic acids is 3. The van der Waals surface area contributed by atoms with Crippen LogP contribution in [-0.2, 0) is 37.1 Å². The van der Waals surface area contributed by atoms with Crippen LogP contribution in [0.5, 0.6) is 0 Å². The summed E-state index contributed by atoms with van der Waals surface area (Å²) in [6, 6.07) is 9.68. The third-order valence-corrected chi connectivity index (χ3v) is 7.72. The highest BCUT2D eigenvalue weighted by atomic mass is 32.2. The second-order valence-corrected chi connectivity index (χ2v) is 14.9. The Labute approximate surface area is 275 Å². The molecule has 0 heterocycles. The van der Waals surface area contributed by atoms with Gasteiger partial charge in [0.2, 0.25) is 10.0 Å². The van der Waals surface area contributed by atoms with E-state index >= 15 is 0 Å². The first kappa shape index (κ1) is 39.4. The van der Waals surface area contributed by atoms with Crippen LogP contribution in [0.1, 0.15) is 59.1 Å². The van der Waals surface area contributed by atoms with Crippen molar-refractivity contribution in [2.75, 3.05) is 18.8 Å². The van der Waals surface area contributed by atoms with Gasteiger partial charge in [0, 0.05) is 19.1 Å². The van der Waals surface area contributed by atoms with Gasteiger partial charge in [0.1, 0.15) is 22.8 Å². The van der Waals surface area contributed by atoms with Crippen molar-refractivity contribution < 1.29 is 46.2 Å². The number of rotatable bonds is 15. The van der Waals surface area contributed by atoms with Gasteiger partial charge in [0.05, 0.1) is 11.8 Å². The molecule has 0 aromatic heterocycles. The van der Waals surface area contributed by atoms with E-state index < -0.39 is 74.9 Å². The predicted octanol–water partition coefficient (Wildman–Crippen LogP) is 3.32. The normalized spacial score (nSPS) is 14.0. The van der Waals surface area contributed by atoms with Crippen molar-refractivity contribution in [1.29, 1.82) is 0 Å². The first-order chi connectivity index (χ1) is 21.7. The molecule has 262 valence electrons. The molecule has 47 heavy (non-hydrogen) atoms. The average Bonchev–Trinajstić information content (AvgIpc) is 2.93. The second-order valence-electron chi connectivity index (χ2n) is 13.0. The molecule has 0 aliphatic rings. The topological polar surface area (TPSA) is 172 Å².